The Bertz CT molecular complexity index is 695. The molecule has 0 unspecified atom stereocenters. The van der Waals surface area contributed by atoms with Crippen molar-refractivity contribution in [2.24, 2.45) is 5.92 Å². The van der Waals surface area contributed by atoms with Crippen LogP contribution in [0.5, 0.6) is 0 Å². The number of aromatic nitrogens is 2. The summed E-state index contributed by atoms with van der Waals surface area (Å²) < 4.78 is 4.53. The first kappa shape index (κ1) is 19.8. The van der Waals surface area contributed by atoms with Crippen LogP contribution in [0.2, 0.25) is 0 Å². The molecule has 1 aromatic heterocycles. The fourth-order valence-electron chi connectivity index (χ4n) is 3.43. The monoisotopic (exact) mass is 386 g/mol. The number of rotatable bonds is 9. The number of unbranched alkanes of at least 4 members (excludes halogenated alkanes) is 2. The van der Waals surface area contributed by atoms with Crippen molar-refractivity contribution in [3.8, 4) is 0 Å². The molecule has 2 heterocycles. The molecule has 1 fully saturated rings. The molecule has 146 valence electrons. The van der Waals surface area contributed by atoms with Crippen LogP contribution in [0.15, 0.2) is 30.3 Å². The molecule has 5 nitrogen and oxygen atoms in total. The number of hydrogen-bond acceptors (Lipinski definition) is 5. The van der Waals surface area contributed by atoms with Gasteiger partial charge in [-0.25, -0.2) is 4.98 Å². The van der Waals surface area contributed by atoms with Crippen LogP contribution in [0.25, 0.3) is 0 Å². The van der Waals surface area contributed by atoms with Gasteiger partial charge in [-0.1, -0.05) is 50.1 Å². The van der Waals surface area contributed by atoms with E-state index in [2.05, 4.69) is 45.8 Å². The molecule has 1 aliphatic rings. The van der Waals surface area contributed by atoms with E-state index in [-0.39, 0.29) is 5.91 Å². The highest BCUT2D eigenvalue weighted by molar-refractivity contribution is 7.09. The van der Waals surface area contributed by atoms with E-state index in [0.29, 0.717) is 12.3 Å². The second kappa shape index (κ2) is 10.4. The first-order valence-corrected chi connectivity index (χ1v) is 10.9. The molecule has 0 radical (unpaired) electrons. The van der Waals surface area contributed by atoms with Gasteiger partial charge in [0.15, 0.2) is 0 Å². The van der Waals surface area contributed by atoms with Gasteiger partial charge in [-0.2, -0.15) is 4.37 Å². The first-order chi connectivity index (χ1) is 13.2. The number of carbonyl (C=O) groups is 1. The molecule has 3 rings (SSSR count). The zero-order valence-corrected chi connectivity index (χ0v) is 17.0. The zero-order chi connectivity index (χ0) is 18.9. The zero-order valence-electron chi connectivity index (χ0n) is 16.2. The highest BCUT2D eigenvalue weighted by Crippen LogP contribution is 2.25. The quantitative estimate of drug-likeness (QED) is 0.661. The Labute approximate surface area is 166 Å². The van der Waals surface area contributed by atoms with Crippen molar-refractivity contribution in [1.82, 2.24) is 14.7 Å². The summed E-state index contributed by atoms with van der Waals surface area (Å²) in [4.78, 5) is 18.9. The van der Waals surface area contributed by atoms with Gasteiger partial charge < -0.3 is 10.2 Å². The summed E-state index contributed by atoms with van der Waals surface area (Å²) in [6.07, 6.45) is 6.96. The van der Waals surface area contributed by atoms with Crippen molar-refractivity contribution in [3.05, 3.63) is 41.7 Å². The van der Waals surface area contributed by atoms with Gasteiger partial charge in [0.2, 0.25) is 11.0 Å². The van der Waals surface area contributed by atoms with E-state index < -0.39 is 0 Å². The lowest BCUT2D eigenvalue weighted by Crippen LogP contribution is -2.38. The van der Waals surface area contributed by atoms with Gasteiger partial charge in [0.05, 0.1) is 0 Å². The third-order valence-electron chi connectivity index (χ3n) is 5.14. The predicted octanol–water partition coefficient (Wildman–Crippen LogP) is 4.04. The van der Waals surface area contributed by atoms with E-state index >= 15 is 0 Å². The number of carbonyl (C=O) groups excluding carboxylic acids is 1. The Hall–Kier alpha value is -1.95. The first-order valence-electron chi connectivity index (χ1n) is 10.1. The second-order valence-electron chi connectivity index (χ2n) is 7.35. The van der Waals surface area contributed by atoms with Crippen molar-refractivity contribution in [2.45, 2.75) is 51.9 Å². The number of nitrogens with zero attached hydrogens (tertiary/aromatic N) is 3. The van der Waals surface area contributed by atoms with Gasteiger partial charge >= 0.3 is 0 Å². The maximum Gasteiger partial charge on any atom is 0.220 e. The van der Waals surface area contributed by atoms with Gasteiger partial charge in [-0.05, 0) is 30.7 Å². The Kier molecular flexibility index (Phi) is 7.63. The predicted molar refractivity (Wildman–Crippen MR) is 111 cm³/mol. The molecule has 1 saturated heterocycles. The highest BCUT2D eigenvalue weighted by atomic mass is 32.1. The van der Waals surface area contributed by atoms with Crippen molar-refractivity contribution in [3.63, 3.8) is 0 Å². The third-order valence-corrected chi connectivity index (χ3v) is 5.96. The van der Waals surface area contributed by atoms with Crippen molar-refractivity contribution < 1.29 is 4.79 Å². The molecule has 6 heteroatoms. The number of benzene rings is 1. The average Bonchev–Trinajstić information content (AvgIpc) is 3.16. The van der Waals surface area contributed by atoms with Crippen LogP contribution >= 0.6 is 11.5 Å². The molecule has 1 aromatic carbocycles. The lowest BCUT2D eigenvalue weighted by molar-refractivity contribution is -0.121. The van der Waals surface area contributed by atoms with E-state index in [0.717, 1.165) is 69.1 Å². The number of hydrogen-bond donors (Lipinski definition) is 1. The molecule has 27 heavy (non-hydrogen) atoms. The van der Waals surface area contributed by atoms with E-state index in [4.69, 9.17) is 4.98 Å². The highest BCUT2D eigenvalue weighted by Gasteiger charge is 2.22. The minimum atomic E-state index is 0.209. The number of anilines is 1. The molecule has 2 aromatic rings. The number of piperidine rings is 1. The summed E-state index contributed by atoms with van der Waals surface area (Å²) in [5, 5.41) is 4.15. The maximum atomic E-state index is 11.9. The van der Waals surface area contributed by atoms with Crippen LogP contribution < -0.4 is 10.2 Å². The number of nitrogens with one attached hydrogen (secondary N) is 1. The lowest BCUT2D eigenvalue weighted by Gasteiger charge is -2.31. The van der Waals surface area contributed by atoms with Gasteiger partial charge in [0, 0.05) is 44.0 Å². The third kappa shape index (κ3) is 6.31. The van der Waals surface area contributed by atoms with Crippen LogP contribution in [0.3, 0.4) is 0 Å². The van der Waals surface area contributed by atoms with Crippen molar-refractivity contribution >= 4 is 22.6 Å². The van der Waals surface area contributed by atoms with Gasteiger partial charge in [0.25, 0.3) is 0 Å². The van der Waals surface area contributed by atoms with Crippen molar-refractivity contribution in [1.29, 1.82) is 0 Å². The second-order valence-corrected chi connectivity index (χ2v) is 8.08. The molecule has 1 amide bonds. The number of amides is 1. The Morgan fingerprint density at radius 2 is 2.00 bits per heavy atom. The van der Waals surface area contributed by atoms with Gasteiger partial charge in [-0.3, -0.25) is 4.79 Å². The van der Waals surface area contributed by atoms with E-state index in [9.17, 15) is 4.79 Å². The van der Waals surface area contributed by atoms with Crippen LogP contribution in [0.1, 0.15) is 56.8 Å². The topological polar surface area (TPSA) is 58.1 Å². The van der Waals surface area contributed by atoms with Crippen LogP contribution in [0.4, 0.5) is 5.13 Å². The lowest BCUT2D eigenvalue weighted by atomic mass is 9.97. The minimum absolute atomic E-state index is 0.209. The molecule has 0 saturated carbocycles. The van der Waals surface area contributed by atoms with Crippen LogP contribution in [-0.4, -0.2) is 34.9 Å². The molecule has 0 aliphatic carbocycles. The van der Waals surface area contributed by atoms with Crippen LogP contribution in [-0.2, 0) is 11.2 Å². The van der Waals surface area contributed by atoms with E-state index in [1.807, 2.05) is 6.07 Å². The van der Waals surface area contributed by atoms with E-state index in [1.165, 1.54) is 17.1 Å². The smallest absolute Gasteiger partial charge is 0.220 e. The fraction of sp³-hybridized carbons (Fsp3) is 0.571. The van der Waals surface area contributed by atoms with Crippen molar-refractivity contribution in [2.75, 3.05) is 24.5 Å². The molecular formula is C21H30N4OS. The Balaban J connectivity index is 1.40. The summed E-state index contributed by atoms with van der Waals surface area (Å²) in [6.45, 7) is 4.97. The summed E-state index contributed by atoms with van der Waals surface area (Å²) in [5.74, 6) is 1.69. The summed E-state index contributed by atoms with van der Waals surface area (Å²) >= 11 is 1.50. The fourth-order valence-corrected chi connectivity index (χ4v) is 4.17. The summed E-state index contributed by atoms with van der Waals surface area (Å²) in [7, 11) is 0. The standard InChI is InChI=1S/C21H30N4OS/c1-2-3-5-10-20(26)22-16-18-11-13-25(14-12-18)21-23-19(24-27-21)15-17-8-6-4-7-9-17/h4,6-9,18H,2-3,5,10-16H2,1H3,(H,22,26). The largest absolute Gasteiger partial charge is 0.356 e. The van der Waals surface area contributed by atoms with Crippen LogP contribution in [0, 0.1) is 5.92 Å². The van der Waals surface area contributed by atoms with Gasteiger partial charge in [-0.15, -0.1) is 0 Å². The Morgan fingerprint density at radius 1 is 1.22 bits per heavy atom. The molecule has 1 N–H and O–H groups in total. The molecule has 0 bridgehead atoms. The summed E-state index contributed by atoms with van der Waals surface area (Å²) in [5.41, 5.74) is 1.25. The molecule has 1 aliphatic heterocycles. The molecule has 0 atom stereocenters. The molecule has 0 spiro atoms. The van der Waals surface area contributed by atoms with E-state index in [1.54, 1.807) is 0 Å². The average molecular weight is 387 g/mol. The Morgan fingerprint density at radius 3 is 2.74 bits per heavy atom. The SMILES string of the molecule is CCCCCC(=O)NCC1CCN(c2nc(Cc3ccccc3)ns2)CC1. The maximum absolute atomic E-state index is 11.9. The minimum Gasteiger partial charge on any atom is -0.356 e. The normalized spacial score (nSPS) is 15.1. The summed E-state index contributed by atoms with van der Waals surface area (Å²) in [6, 6.07) is 10.4. The molecular weight excluding hydrogens is 356 g/mol. The van der Waals surface area contributed by atoms with Gasteiger partial charge in [0.1, 0.15) is 5.82 Å².